The summed E-state index contributed by atoms with van der Waals surface area (Å²) in [6.45, 7) is 2.79. The zero-order chi connectivity index (χ0) is 16.4. The van der Waals surface area contributed by atoms with Crippen molar-refractivity contribution in [2.24, 2.45) is 0 Å². The predicted molar refractivity (Wildman–Crippen MR) is 90.6 cm³/mol. The zero-order valence-corrected chi connectivity index (χ0v) is 14.3. The van der Waals surface area contributed by atoms with Crippen LogP contribution in [0.1, 0.15) is 30.3 Å². The number of methoxy groups -OCH3 is 2. The van der Waals surface area contributed by atoms with E-state index in [1.165, 1.54) is 0 Å². The van der Waals surface area contributed by atoms with Crippen molar-refractivity contribution in [3.8, 4) is 11.5 Å². The summed E-state index contributed by atoms with van der Waals surface area (Å²) < 4.78 is 10.9. The Labute approximate surface area is 141 Å². The summed E-state index contributed by atoms with van der Waals surface area (Å²) in [7, 11) is 3.34. The summed E-state index contributed by atoms with van der Waals surface area (Å²) in [5.74, 6) is 3.16. The molecule has 5 nitrogen and oxygen atoms in total. The average molecular weight is 334 g/mol. The van der Waals surface area contributed by atoms with Crippen molar-refractivity contribution < 1.29 is 9.47 Å². The van der Waals surface area contributed by atoms with E-state index in [1.54, 1.807) is 14.2 Å². The minimum absolute atomic E-state index is 0.209. The normalized spacial score (nSPS) is 17.4. The molecule has 1 fully saturated rings. The first kappa shape index (κ1) is 15.9. The molecule has 1 saturated heterocycles. The van der Waals surface area contributed by atoms with Crippen LogP contribution in [0.15, 0.2) is 24.3 Å². The number of nitrogens with zero attached hydrogens (tertiary/aromatic N) is 3. The van der Waals surface area contributed by atoms with Crippen LogP contribution in [0.4, 0.5) is 5.82 Å². The highest BCUT2D eigenvalue weighted by Crippen LogP contribution is 2.40. The van der Waals surface area contributed by atoms with Crippen molar-refractivity contribution in [2.75, 3.05) is 25.7 Å². The molecule has 6 heteroatoms. The first-order valence-corrected chi connectivity index (χ1v) is 8.00. The molecular formula is C17H20ClN3O2. The quantitative estimate of drug-likeness (QED) is 0.796. The number of aryl methyl sites for hydroxylation is 1. The fourth-order valence-electron chi connectivity index (χ4n) is 3.12. The molecule has 23 heavy (non-hydrogen) atoms. The Bertz CT molecular complexity index is 688. The standard InChI is InChI=1S/C17H20ClN3O2/c1-11-19-16(18)10-17(20-11)21-8-4-5-14(21)13-7-6-12(22-2)9-15(13)23-3/h6-7,9-10,14H,4-5,8H2,1-3H3/t14-/m0/s1. The Kier molecular flexibility index (Phi) is 4.57. The van der Waals surface area contributed by atoms with Crippen LogP contribution in [0.2, 0.25) is 5.15 Å². The fourth-order valence-corrected chi connectivity index (χ4v) is 3.34. The molecule has 0 unspecified atom stereocenters. The van der Waals surface area contributed by atoms with E-state index in [9.17, 15) is 0 Å². The molecule has 2 heterocycles. The van der Waals surface area contributed by atoms with E-state index < -0.39 is 0 Å². The number of hydrogen-bond donors (Lipinski definition) is 0. The number of hydrogen-bond acceptors (Lipinski definition) is 5. The second-order valence-electron chi connectivity index (χ2n) is 5.56. The van der Waals surface area contributed by atoms with Crippen LogP contribution in [0.5, 0.6) is 11.5 Å². The molecule has 0 aliphatic carbocycles. The van der Waals surface area contributed by atoms with Gasteiger partial charge in [-0.1, -0.05) is 11.6 Å². The van der Waals surface area contributed by atoms with Crippen molar-refractivity contribution in [1.82, 2.24) is 9.97 Å². The summed E-state index contributed by atoms with van der Waals surface area (Å²) in [4.78, 5) is 11.0. The molecule has 1 aliphatic rings. The van der Waals surface area contributed by atoms with Gasteiger partial charge in [0.2, 0.25) is 0 Å². The Morgan fingerprint density at radius 1 is 1.17 bits per heavy atom. The topological polar surface area (TPSA) is 47.5 Å². The number of anilines is 1. The maximum Gasteiger partial charge on any atom is 0.134 e. The predicted octanol–water partition coefficient (Wildman–Crippen LogP) is 3.80. The summed E-state index contributed by atoms with van der Waals surface area (Å²) in [6, 6.07) is 7.98. The Morgan fingerprint density at radius 2 is 2.00 bits per heavy atom. The van der Waals surface area contributed by atoms with Gasteiger partial charge in [0.25, 0.3) is 0 Å². The minimum Gasteiger partial charge on any atom is -0.497 e. The summed E-state index contributed by atoms with van der Waals surface area (Å²) in [5.41, 5.74) is 1.14. The number of rotatable bonds is 4. The van der Waals surface area contributed by atoms with Gasteiger partial charge in [0.1, 0.15) is 28.3 Å². The lowest BCUT2D eigenvalue weighted by Crippen LogP contribution is -2.24. The highest BCUT2D eigenvalue weighted by Gasteiger charge is 2.30. The second kappa shape index (κ2) is 6.62. The highest BCUT2D eigenvalue weighted by atomic mass is 35.5. The van der Waals surface area contributed by atoms with Gasteiger partial charge in [0.15, 0.2) is 0 Å². The lowest BCUT2D eigenvalue weighted by molar-refractivity contribution is 0.388. The van der Waals surface area contributed by atoms with E-state index in [2.05, 4.69) is 20.9 Å². The molecule has 0 radical (unpaired) electrons. The molecule has 0 spiro atoms. The Balaban J connectivity index is 1.98. The first-order valence-electron chi connectivity index (χ1n) is 7.62. The molecule has 1 aromatic carbocycles. The number of halogens is 1. The smallest absolute Gasteiger partial charge is 0.134 e. The van der Waals surface area contributed by atoms with Crippen LogP contribution < -0.4 is 14.4 Å². The van der Waals surface area contributed by atoms with Crippen LogP contribution >= 0.6 is 11.6 Å². The molecule has 0 bridgehead atoms. The van der Waals surface area contributed by atoms with Gasteiger partial charge in [-0.2, -0.15) is 0 Å². The molecule has 0 saturated carbocycles. The zero-order valence-electron chi connectivity index (χ0n) is 13.5. The first-order chi connectivity index (χ1) is 11.1. The third-order valence-electron chi connectivity index (χ3n) is 4.14. The molecule has 0 amide bonds. The number of ether oxygens (including phenoxy) is 2. The fraction of sp³-hybridized carbons (Fsp3) is 0.412. The Morgan fingerprint density at radius 3 is 2.70 bits per heavy atom. The monoisotopic (exact) mass is 333 g/mol. The average Bonchev–Trinajstić information content (AvgIpc) is 3.02. The van der Waals surface area contributed by atoms with E-state index in [-0.39, 0.29) is 6.04 Å². The van der Waals surface area contributed by atoms with Crippen LogP contribution in [-0.2, 0) is 0 Å². The molecule has 1 aromatic heterocycles. The minimum atomic E-state index is 0.209. The molecule has 3 rings (SSSR count). The SMILES string of the molecule is COc1ccc([C@@H]2CCCN2c2cc(Cl)nc(C)n2)c(OC)c1. The van der Waals surface area contributed by atoms with Crippen molar-refractivity contribution in [2.45, 2.75) is 25.8 Å². The molecule has 2 aromatic rings. The van der Waals surface area contributed by atoms with Gasteiger partial charge in [0.05, 0.1) is 20.3 Å². The van der Waals surface area contributed by atoms with Crippen molar-refractivity contribution in [1.29, 1.82) is 0 Å². The largest absolute Gasteiger partial charge is 0.497 e. The third-order valence-corrected chi connectivity index (χ3v) is 4.33. The van der Waals surface area contributed by atoms with Gasteiger partial charge in [-0.05, 0) is 31.9 Å². The van der Waals surface area contributed by atoms with E-state index in [0.29, 0.717) is 11.0 Å². The highest BCUT2D eigenvalue weighted by molar-refractivity contribution is 6.29. The van der Waals surface area contributed by atoms with Crippen molar-refractivity contribution in [3.05, 3.63) is 40.8 Å². The lowest BCUT2D eigenvalue weighted by atomic mass is 10.0. The van der Waals surface area contributed by atoms with Gasteiger partial charge in [0, 0.05) is 24.2 Å². The van der Waals surface area contributed by atoms with Crippen molar-refractivity contribution in [3.63, 3.8) is 0 Å². The summed E-state index contributed by atoms with van der Waals surface area (Å²) in [5, 5.41) is 0.472. The molecule has 0 N–H and O–H groups in total. The van der Waals surface area contributed by atoms with Gasteiger partial charge in [-0.3, -0.25) is 0 Å². The summed E-state index contributed by atoms with van der Waals surface area (Å²) >= 11 is 6.10. The van der Waals surface area contributed by atoms with Crippen LogP contribution in [-0.4, -0.2) is 30.7 Å². The van der Waals surface area contributed by atoms with Gasteiger partial charge < -0.3 is 14.4 Å². The molecule has 122 valence electrons. The number of benzene rings is 1. The van der Waals surface area contributed by atoms with Gasteiger partial charge >= 0.3 is 0 Å². The van der Waals surface area contributed by atoms with Crippen LogP contribution in [0.3, 0.4) is 0 Å². The lowest BCUT2D eigenvalue weighted by Gasteiger charge is -2.27. The number of aromatic nitrogens is 2. The van der Waals surface area contributed by atoms with Gasteiger partial charge in [-0.15, -0.1) is 0 Å². The van der Waals surface area contributed by atoms with Crippen LogP contribution in [0.25, 0.3) is 0 Å². The molecule has 1 atom stereocenters. The van der Waals surface area contributed by atoms with Gasteiger partial charge in [-0.25, -0.2) is 9.97 Å². The van der Waals surface area contributed by atoms with Crippen LogP contribution in [0, 0.1) is 6.92 Å². The van der Waals surface area contributed by atoms with E-state index in [4.69, 9.17) is 21.1 Å². The maximum absolute atomic E-state index is 6.10. The van der Waals surface area contributed by atoms with E-state index in [0.717, 1.165) is 42.3 Å². The second-order valence-corrected chi connectivity index (χ2v) is 5.94. The third kappa shape index (κ3) is 3.20. The summed E-state index contributed by atoms with van der Waals surface area (Å²) in [6.07, 6.45) is 2.14. The Hall–Kier alpha value is -2.01. The van der Waals surface area contributed by atoms with E-state index in [1.807, 2.05) is 25.1 Å². The molecule has 1 aliphatic heterocycles. The maximum atomic E-state index is 6.10. The van der Waals surface area contributed by atoms with E-state index >= 15 is 0 Å². The van der Waals surface area contributed by atoms with Crippen molar-refractivity contribution >= 4 is 17.4 Å². The molecular weight excluding hydrogens is 314 g/mol.